The minimum absolute atomic E-state index is 0.0238. The van der Waals surface area contributed by atoms with Crippen molar-refractivity contribution in [2.75, 3.05) is 11.5 Å². The summed E-state index contributed by atoms with van der Waals surface area (Å²) in [7, 11) is 0. The molecule has 2 atom stereocenters. The average molecular weight is 306 g/mol. The van der Waals surface area contributed by atoms with Crippen LogP contribution in [0.5, 0.6) is 0 Å². The highest BCUT2D eigenvalue weighted by Crippen LogP contribution is 2.31. The first kappa shape index (κ1) is 16.2. The Morgan fingerprint density at radius 1 is 1.52 bits per heavy atom. The molecule has 0 saturated carbocycles. The van der Waals surface area contributed by atoms with Crippen molar-refractivity contribution in [1.82, 2.24) is 5.32 Å². The van der Waals surface area contributed by atoms with Gasteiger partial charge in [-0.1, -0.05) is 19.4 Å². The third-order valence-corrected chi connectivity index (χ3v) is 5.27. The van der Waals surface area contributed by atoms with Crippen molar-refractivity contribution in [3.63, 3.8) is 0 Å². The van der Waals surface area contributed by atoms with Crippen molar-refractivity contribution in [3.8, 4) is 0 Å². The molecule has 0 radical (unpaired) electrons. The van der Waals surface area contributed by atoms with E-state index < -0.39 is 0 Å². The summed E-state index contributed by atoms with van der Waals surface area (Å²) in [6.07, 6.45) is 5.55. The van der Waals surface area contributed by atoms with Gasteiger partial charge in [0.05, 0.1) is 11.3 Å². The number of anilines is 1. The van der Waals surface area contributed by atoms with Crippen molar-refractivity contribution in [1.29, 1.82) is 0 Å². The molecule has 1 aromatic carbocycles. The molecule has 1 amide bonds. The van der Waals surface area contributed by atoms with Crippen molar-refractivity contribution < 1.29 is 4.79 Å². The van der Waals surface area contributed by atoms with E-state index in [1.54, 1.807) is 11.8 Å². The molecule has 0 spiro atoms. The monoisotopic (exact) mass is 306 g/mol. The third-order valence-electron chi connectivity index (χ3n) is 4.03. The molecule has 21 heavy (non-hydrogen) atoms. The van der Waals surface area contributed by atoms with E-state index in [4.69, 9.17) is 5.73 Å². The molecule has 2 rings (SSSR count). The molecular formula is C17H26N2OS. The van der Waals surface area contributed by atoms with Gasteiger partial charge in [-0.3, -0.25) is 4.79 Å². The first-order chi connectivity index (χ1) is 10.1. The summed E-state index contributed by atoms with van der Waals surface area (Å²) in [5.74, 6) is 1.22. The van der Waals surface area contributed by atoms with Crippen LogP contribution in [0.3, 0.4) is 0 Å². The van der Waals surface area contributed by atoms with Crippen LogP contribution >= 0.6 is 11.8 Å². The zero-order valence-corrected chi connectivity index (χ0v) is 13.8. The summed E-state index contributed by atoms with van der Waals surface area (Å²) in [5.41, 5.74) is 9.20. The van der Waals surface area contributed by atoms with E-state index in [9.17, 15) is 4.79 Å². The van der Waals surface area contributed by atoms with E-state index >= 15 is 0 Å². The molecule has 2 unspecified atom stereocenters. The number of aryl methyl sites for hydroxylation is 1. The molecule has 3 N–H and O–H groups in total. The second-order valence-corrected chi connectivity index (χ2v) is 7.23. The fourth-order valence-corrected chi connectivity index (χ4v) is 3.78. The Bertz CT molecular complexity index is 490. The molecule has 0 heterocycles. The Labute approximate surface area is 132 Å². The van der Waals surface area contributed by atoms with Gasteiger partial charge in [0.2, 0.25) is 5.91 Å². The third kappa shape index (κ3) is 4.40. The molecule has 0 aromatic heterocycles. The number of fused-ring (bicyclic) bond motifs is 1. The average Bonchev–Trinajstić information content (AvgIpc) is 2.47. The van der Waals surface area contributed by atoms with Gasteiger partial charge in [0.1, 0.15) is 0 Å². The number of carbonyl (C=O) groups is 1. The summed E-state index contributed by atoms with van der Waals surface area (Å²) in [6.45, 7) is 4.18. The molecule has 4 heteroatoms. The maximum Gasteiger partial charge on any atom is 0.233 e. The summed E-state index contributed by atoms with van der Waals surface area (Å²) in [6, 6.07) is 6.20. The molecule has 0 bridgehead atoms. The van der Waals surface area contributed by atoms with E-state index in [1.807, 2.05) is 19.1 Å². The molecule has 0 saturated heterocycles. The number of nitrogens with two attached hydrogens (primary N) is 1. The van der Waals surface area contributed by atoms with Crippen LogP contribution in [-0.4, -0.2) is 16.9 Å². The van der Waals surface area contributed by atoms with Gasteiger partial charge < -0.3 is 11.1 Å². The van der Waals surface area contributed by atoms with Gasteiger partial charge in [0.25, 0.3) is 0 Å². The van der Waals surface area contributed by atoms with Crippen LogP contribution in [0.1, 0.15) is 56.7 Å². The standard InChI is InChI=1S/C17H26N2OS/c1-3-4-10-21-12(2)17(20)19-16-7-5-6-13-11-14(18)8-9-15(13)16/h8-9,11-12,16H,3-7,10,18H2,1-2H3,(H,19,20). The van der Waals surface area contributed by atoms with Gasteiger partial charge in [-0.05, 0) is 61.6 Å². The van der Waals surface area contributed by atoms with Crippen LogP contribution in [-0.2, 0) is 11.2 Å². The smallest absolute Gasteiger partial charge is 0.233 e. The Morgan fingerprint density at radius 2 is 2.33 bits per heavy atom. The maximum absolute atomic E-state index is 12.3. The van der Waals surface area contributed by atoms with E-state index in [0.29, 0.717) is 0 Å². The van der Waals surface area contributed by atoms with Crippen LogP contribution < -0.4 is 11.1 Å². The number of unbranched alkanes of at least 4 members (excludes halogenated alkanes) is 1. The lowest BCUT2D eigenvalue weighted by atomic mass is 9.87. The highest BCUT2D eigenvalue weighted by atomic mass is 32.2. The fraction of sp³-hybridized carbons (Fsp3) is 0.588. The molecule has 1 aliphatic rings. The van der Waals surface area contributed by atoms with Crippen LogP contribution in [0.2, 0.25) is 0 Å². The fourth-order valence-electron chi connectivity index (χ4n) is 2.75. The number of amides is 1. The zero-order valence-electron chi connectivity index (χ0n) is 13.0. The second-order valence-electron chi connectivity index (χ2n) is 5.78. The zero-order chi connectivity index (χ0) is 15.2. The molecular weight excluding hydrogens is 280 g/mol. The number of hydrogen-bond acceptors (Lipinski definition) is 3. The molecule has 0 aliphatic heterocycles. The van der Waals surface area contributed by atoms with E-state index in [0.717, 1.165) is 30.7 Å². The number of hydrogen-bond donors (Lipinski definition) is 2. The quantitative estimate of drug-likeness (QED) is 0.622. The Balaban J connectivity index is 1.96. The van der Waals surface area contributed by atoms with E-state index in [1.165, 1.54) is 24.0 Å². The largest absolute Gasteiger partial charge is 0.399 e. The molecule has 1 aliphatic carbocycles. The highest BCUT2D eigenvalue weighted by molar-refractivity contribution is 8.00. The minimum atomic E-state index is 0.0238. The van der Waals surface area contributed by atoms with Crippen LogP contribution in [0.25, 0.3) is 0 Å². The number of rotatable bonds is 6. The Hall–Kier alpha value is -1.16. The van der Waals surface area contributed by atoms with Crippen molar-refractivity contribution in [3.05, 3.63) is 29.3 Å². The van der Waals surface area contributed by atoms with Gasteiger partial charge in [-0.15, -0.1) is 11.8 Å². The van der Waals surface area contributed by atoms with Gasteiger partial charge in [0.15, 0.2) is 0 Å². The number of carbonyl (C=O) groups excluding carboxylic acids is 1. The van der Waals surface area contributed by atoms with Crippen molar-refractivity contribution >= 4 is 23.4 Å². The second kappa shape index (κ2) is 7.74. The van der Waals surface area contributed by atoms with Gasteiger partial charge in [-0.2, -0.15) is 0 Å². The Kier molecular flexibility index (Phi) is 5.97. The number of thioether (sulfide) groups is 1. The first-order valence-electron chi connectivity index (χ1n) is 7.92. The number of nitrogens with one attached hydrogen (secondary N) is 1. The highest BCUT2D eigenvalue weighted by Gasteiger charge is 2.23. The van der Waals surface area contributed by atoms with Crippen LogP contribution in [0, 0.1) is 0 Å². The lowest BCUT2D eigenvalue weighted by Gasteiger charge is -2.27. The predicted molar refractivity (Wildman–Crippen MR) is 91.5 cm³/mol. The minimum Gasteiger partial charge on any atom is -0.399 e. The van der Waals surface area contributed by atoms with Gasteiger partial charge in [-0.25, -0.2) is 0 Å². The Morgan fingerprint density at radius 3 is 3.10 bits per heavy atom. The number of nitrogen functional groups attached to an aromatic ring is 1. The van der Waals surface area contributed by atoms with E-state index in [-0.39, 0.29) is 17.2 Å². The van der Waals surface area contributed by atoms with Crippen LogP contribution in [0.4, 0.5) is 5.69 Å². The normalized spacial score (nSPS) is 18.9. The van der Waals surface area contributed by atoms with Gasteiger partial charge in [0, 0.05) is 5.69 Å². The SMILES string of the molecule is CCCCSC(C)C(=O)NC1CCCc2cc(N)ccc21. The summed E-state index contributed by atoms with van der Waals surface area (Å²) in [4.78, 5) is 12.3. The van der Waals surface area contributed by atoms with Crippen molar-refractivity contribution in [2.24, 2.45) is 0 Å². The summed E-state index contributed by atoms with van der Waals surface area (Å²) >= 11 is 1.75. The molecule has 1 aromatic rings. The summed E-state index contributed by atoms with van der Waals surface area (Å²) < 4.78 is 0. The maximum atomic E-state index is 12.3. The topological polar surface area (TPSA) is 55.1 Å². The van der Waals surface area contributed by atoms with E-state index in [2.05, 4.69) is 18.3 Å². The lowest BCUT2D eigenvalue weighted by molar-refractivity contribution is -0.121. The van der Waals surface area contributed by atoms with Gasteiger partial charge >= 0.3 is 0 Å². The summed E-state index contributed by atoms with van der Waals surface area (Å²) in [5, 5.41) is 3.24. The number of benzene rings is 1. The predicted octanol–water partition coefficient (Wildman–Crippen LogP) is 3.68. The lowest BCUT2D eigenvalue weighted by Crippen LogP contribution is -2.36. The molecule has 116 valence electrons. The molecule has 3 nitrogen and oxygen atoms in total. The van der Waals surface area contributed by atoms with Crippen LogP contribution in [0.15, 0.2) is 18.2 Å². The molecule has 0 fully saturated rings. The first-order valence-corrected chi connectivity index (χ1v) is 8.97. The van der Waals surface area contributed by atoms with Crippen molar-refractivity contribution in [2.45, 2.75) is 57.2 Å².